The second kappa shape index (κ2) is 6.43. The maximum absolute atomic E-state index is 5.32. The first-order valence-corrected chi connectivity index (χ1v) is 5.33. The van der Waals surface area contributed by atoms with Gasteiger partial charge in [-0.2, -0.15) is 0 Å². The molecule has 84 valence electrons. The fraction of sp³-hybridized carbons (Fsp3) is 0.500. The summed E-state index contributed by atoms with van der Waals surface area (Å²) in [6.07, 6.45) is 1.06. The van der Waals surface area contributed by atoms with E-state index in [0.29, 0.717) is 0 Å². The fourth-order valence-electron chi connectivity index (χ4n) is 1.51. The van der Waals surface area contributed by atoms with Crippen LogP contribution < -0.4 is 15.4 Å². The van der Waals surface area contributed by atoms with Crippen LogP contribution in [0.25, 0.3) is 0 Å². The Kier molecular flexibility index (Phi) is 5.15. The molecule has 0 bridgehead atoms. The van der Waals surface area contributed by atoms with Crippen molar-refractivity contribution < 1.29 is 4.74 Å². The highest BCUT2D eigenvalue weighted by Gasteiger charge is 2.02. The number of nitrogens with one attached hydrogen (secondary N) is 2. The molecule has 2 N–H and O–H groups in total. The smallest absolute Gasteiger partial charge is 0.123 e. The van der Waals surface area contributed by atoms with Crippen LogP contribution in [0.15, 0.2) is 18.2 Å². The van der Waals surface area contributed by atoms with E-state index in [9.17, 15) is 0 Å². The first-order valence-electron chi connectivity index (χ1n) is 5.33. The number of hydrogen-bond acceptors (Lipinski definition) is 3. The van der Waals surface area contributed by atoms with Crippen molar-refractivity contribution in [3.05, 3.63) is 29.3 Å². The van der Waals surface area contributed by atoms with Crippen LogP contribution in [0.1, 0.15) is 18.1 Å². The number of ether oxygens (including phenoxy) is 1. The van der Waals surface area contributed by atoms with E-state index >= 15 is 0 Å². The van der Waals surface area contributed by atoms with Gasteiger partial charge in [0.25, 0.3) is 0 Å². The summed E-state index contributed by atoms with van der Waals surface area (Å²) in [6.45, 7) is 3.80. The second-order valence-corrected chi connectivity index (χ2v) is 3.46. The standard InChI is InChI=1S/C12H20N2O/c1-4-10-5-6-12(15-3)11(7-10)8-14-9-13-2/h5-7,13-14H,4,8-9H2,1-3H3. The first-order chi connectivity index (χ1) is 7.31. The van der Waals surface area contributed by atoms with Gasteiger partial charge in [0, 0.05) is 18.8 Å². The second-order valence-electron chi connectivity index (χ2n) is 3.46. The van der Waals surface area contributed by atoms with Crippen molar-refractivity contribution in [2.75, 3.05) is 20.8 Å². The highest BCUT2D eigenvalue weighted by atomic mass is 16.5. The van der Waals surface area contributed by atoms with Gasteiger partial charge in [-0.1, -0.05) is 19.1 Å². The van der Waals surface area contributed by atoms with Crippen LogP contribution in [0.2, 0.25) is 0 Å². The average Bonchev–Trinajstić information content (AvgIpc) is 2.29. The van der Waals surface area contributed by atoms with Crippen molar-refractivity contribution in [1.29, 1.82) is 0 Å². The van der Waals surface area contributed by atoms with Crippen LogP contribution in [-0.2, 0) is 13.0 Å². The minimum absolute atomic E-state index is 0.805. The quantitative estimate of drug-likeness (QED) is 0.549. The number of rotatable bonds is 6. The van der Waals surface area contributed by atoms with Gasteiger partial charge in [-0.15, -0.1) is 0 Å². The molecule has 3 nitrogen and oxygen atoms in total. The molecule has 15 heavy (non-hydrogen) atoms. The van der Waals surface area contributed by atoms with Gasteiger partial charge in [0.15, 0.2) is 0 Å². The Hall–Kier alpha value is -1.06. The number of methoxy groups -OCH3 is 1. The summed E-state index contributed by atoms with van der Waals surface area (Å²) in [4.78, 5) is 0. The van der Waals surface area contributed by atoms with Crippen LogP contribution in [0.4, 0.5) is 0 Å². The van der Waals surface area contributed by atoms with Gasteiger partial charge in [-0.3, -0.25) is 0 Å². The maximum Gasteiger partial charge on any atom is 0.123 e. The number of benzene rings is 1. The average molecular weight is 208 g/mol. The van der Waals surface area contributed by atoms with Gasteiger partial charge in [0.05, 0.1) is 7.11 Å². The summed E-state index contributed by atoms with van der Waals surface area (Å²) >= 11 is 0. The third-order valence-electron chi connectivity index (χ3n) is 2.37. The SMILES string of the molecule is CCc1ccc(OC)c(CNCNC)c1. The van der Waals surface area contributed by atoms with Crippen LogP contribution in [-0.4, -0.2) is 20.8 Å². The highest BCUT2D eigenvalue weighted by Crippen LogP contribution is 2.19. The molecular weight excluding hydrogens is 188 g/mol. The van der Waals surface area contributed by atoms with E-state index in [4.69, 9.17) is 4.74 Å². The van der Waals surface area contributed by atoms with E-state index in [1.54, 1.807) is 7.11 Å². The lowest BCUT2D eigenvalue weighted by Gasteiger charge is -2.11. The molecule has 0 radical (unpaired) electrons. The maximum atomic E-state index is 5.32. The molecule has 1 aromatic rings. The molecule has 1 rings (SSSR count). The first kappa shape index (κ1) is 12.0. The summed E-state index contributed by atoms with van der Waals surface area (Å²) in [6, 6.07) is 6.34. The van der Waals surface area contributed by atoms with Crippen molar-refractivity contribution in [2.45, 2.75) is 19.9 Å². The molecule has 0 aliphatic heterocycles. The van der Waals surface area contributed by atoms with Gasteiger partial charge in [0.2, 0.25) is 0 Å². The van der Waals surface area contributed by atoms with Gasteiger partial charge in [0.1, 0.15) is 5.75 Å². The Morgan fingerprint density at radius 2 is 2.13 bits per heavy atom. The molecule has 0 fully saturated rings. The molecule has 0 heterocycles. The van der Waals surface area contributed by atoms with E-state index in [0.717, 1.165) is 25.4 Å². The fourth-order valence-corrected chi connectivity index (χ4v) is 1.51. The third-order valence-corrected chi connectivity index (χ3v) is 2.37. The summed E-state index contributed by atoms with van der Waals surface area (Å²) < 4.78 is 5.32. The number of aryl methyl sites for hydroxylation is 1. The van der Waals surface area contributed by atoms with E-state index in [1.807, 2.05) is 13.1 Å². The zero-order valence-electron chi connectivity index (χ0n) is 9.76. The largest absolute Gasteiger partial charge is 0.496 e. The molecule has 0 aliphatic carbocycles. The van der Waals surface area contributed by atoms with Crippen molar-refractivity contribution >= 4 is 0 Å². The van der Waals surface area contributed by atoms with E-state index in [-0.39, 0.29) is 0 Å². The van der Waals surface area contributed by atoms with Crippen molar-refractivity contribution in [2.24, 2.45) is 0 Å². The van der Waals surface area contributed by atoms with Crippen LogP contribution >= 0.6 is 0 Å². The molecule has 3 heteroatoms. The van der Waals surface area contributed by atoms with Crippen molar-refractivity contribution in [3.8, 4) is 5.75 Å². The Morgan fingerprint density at radius 1 is 1.33 bits per heavy atom. The van der Waals surface area contributed by atoms with Gasteiger partial charge in [-0.25, -0.2) is 0 Å². The lowest BCUT2D eigenvalue weighted by molar-refractivity contribution is 0.407. The summed E-state index contributed by atoms with van der Waals surface area (Å²) in [5.74, 6) is 0.954. The van der Waals surface area contributed by atoms with Gasteiger partial charge in [-0.05, 0) is 25.1 Å². The lowest BCUT2D eigenvalue weighted by atomic mass is 10.1. The molecule has 0 unspecified atom stereocenters. The topological polar surface area (TPSA) is 33.3 Å². The Morgan fingerprint density at radius 3 is 2.73 bits per heavy atom. The van der Waals surface area contributed by atoms with Gasteiger partial charge < -0.3 is 15.4 Å². The zero-order valence-corrected chi connectivity index (χ0v) is 9.76. The lowest BCUT2D eigenvalue weighted by Crippen LogP contribution is -2.25. The zero-order chi connectivity index (χ0) is 11.1. The van der Waals surface area contributed by atoms with Crippen molar-refractivity contribution in [1.82, 2.24) is 10.6 Å². The Labute approximate surface area is 91.8 Å². The monoisotopic (exact) mass is 208 g/mol. The van der Waals surface area contributed by atoms with Gasteiger partial charge >= 0.3 is 0 Å². The molecule has 0 spiro atoms. The normalized spacial score (nSPS) is 10.3. The Balaban J connectivity index is 2.72. The molecule has 0 atom stereocenters. The minimum atomic E-state index is 0.805. The van der Waals surface area contributed by atoms with E-state index in [1.165, 1.54) is 11.1 Å². The molecular formula is C12H20N2O. The summed E-state index contributed by atoms with van der Waals surface area (Å²) in [7, 11) is 3.63. The minimum Gasteiger partial charge on any atom is -0.496 e. The molecule has 0 amide bonds. The molecule has 0 saturated heterocycles. The van der Waals surface area contributed by atoms with E-state index in [2.05, 4.69) is 29.7 Å². The molecule has 0 aliphatic rings. The summed E-state index contributed by atoms with van der Waals surface area (Å²) in [5, 5.41) is 6.34. The summed E-state index contributed by atoms with van der Waals surface area (Å²) in [5.41, 5.74) is 2.56. The predicted molar refractivity (Wildman–Crippen MR) is 63.1 cm³/mol. The molecule has 1 aromatic carbocycles. The van der Waals surface area contributed by atoms with Crippen LogP contribution in [0.3, 0.4) is 0 Å². The third kappa shape index (κ3) is 3.53. The predicted octanol–water partition coefficient (Wildman–Crippen LogP) is 1.52. The molecule has 0 aromatic heterocycles. The molecule has 0 saturated carbocycles. The van der Waals surface area contributed by atoms with E-state index < -0.39 is 0 Å². The van der Waals surface area contributed by atoms with Crippen molar-refractivity contribution in [3.63, 3.8) is 0 Å². The van der Waals surface area contributed by atoms with Crippen LogP contribution in [0.5, 0.6) is 5.75 Å². The Bertz CT molecular complexity index is 300. The van der Waals surface area contributed by atoms with Crippen LogP contribution in [0, 0.1) is 0 Å². The highest BCUT2D eigenvalue weighted by molar-refractivity contribution is 5.37. The number of hydrogen-bond donors (Lipinski definition) is 2.